The maximum absolute atomic E-state index is 13.1. The van der Waals surface area contributed by atoms with Crippen LogP contribution in [0.5, 0.6) is 5.75 Å². The summed E-state index contributed by atoms with van der Waals surface area (Å²) in [4.78, 5) is 26.8. The number of para-hydroxylation sites is 1. The van der Waals surface area contributed by atoms with Crippen molar-refractivity contribution < 1.29 is 9.53 Å². The van der Waals surface area contributed by atoms with Crippen LogP contribution in [-0.2, 0) is 11.8 Å². The Morgan fingerprint density at radius 3 is 2.61 bits per heavy atom. The van der Waals surface area contributed by atoms with Gasteiger partial charge in [0.2, 0.25) is 11.9 Å². The Bertz CT molecular complexity index is 1510. The number of ether oxygens (including phenoxy) is 1. The second kappa shape index (κ2) is 12.6. The first kappa shape index (κ1) is 28.4. The molecule has 216 valence electrons. The van der Waals surface area contributed by atoms with Crippen LogP contribution in [0.1, 0.15) is 32.1 Å². The minimum atomic E-state index is 0.0458. The predicted octanol–water partition coefficient (Wildman–Crippen LogP) is 5.90. The van der Waals surface area contributed by atoms with Crippen molar-refractivity contribution >= 4 is 39.8 Å². The molecule has 0 bridgehead atoms. The van der Waals surface area contributed by atoms with E-state index in [1.165, 1.54) is 12.8 Å². The van der Waals surface area contributed by atoms with Crippen LogP contribution in [0.2, 0.25) is 0 Å². The fourth-order valence-electron chi connectivity index (χ4n) is 5.64. The Morgan fingerprint density at radius 2 is 1.85 bits per heavy atom. The number of nitrogens with zero attached hydrogens (tertiary/aromatic N) is 5. The molecule has 2 aromatic carbocycles. The third-order valence-electron chi connectivity index (χ3n) is 7.91. The first-order valence-electron chi connectivity index (χ1n) is 14.3. The van der Waals surface area contributed by atoms with E-state index in [0.717, 1.165) is 59.5 Å². The molecule has 2 heterocycles. The molecule has 0 unspecified atom stereocenters. The number of aryl methyl sites for hydroxylation is 1. The number of likely N-dealkylation sites (N-methyl/N-ethyl adjacent to an activating group) is 2. The van der Waals surface area contributed by atoms with Crippen molar-refractivity contribution in [2.24, 2.45) is 13.0 Å². The number of carbonyl (C=O) groups is 1. The van der Waals surface area contributed by atoms with E-state index in [2.05, 4.69) is 62.4 Å². The molecule has 9 heteroatoms. The van der Waals surface area contributed by atoms with Gasteiger partial charge in [-0.05, 0) is 51.1 Å². The van der Waals surface area contributed by atoms with Crippen molar-refractivity contribution in [2.75, 3.05) is 56.9 Å². The predicted molar refractivity (Wildman–Crippen MR) is 167 cm³/mol. The average Bonchev–Trinajstić information content (AvgIpc) is 3.59. The number of aromatic nitrogens is 3. The number of anilines is 4. The minimum absolute atomic E-state index is 0.0458. The van der Waals surface area contributed by atoms with Gasteiger partial charge in [0.1, 0.15) is 5.75 Å². The maximum Gasteiger partial charge on any atom is 0.227 e. The van der Waals surface area contributed by atoms with Crippen molar-refractivity contribution in [1.82, 2.24) is 19.4 Å². The molecule has 0 saturated heterocycles. The highest BCUT2D eigenvalue weighted by Crippen LogP contribution is 2.39. The molecule has 1 amide bonds. The molecule has 1 fully saturated rings. The Hall–Kier alpha value is -4.11. The third kappa shape index (κ3) is 6.62. The highest BCUT2D eigenvalue weighted by Gasteiger charge is 2.21. The average molecular weight is 556 g/mol. The zero-order valence-electron chi connectivity index (χ0n) is 24.8. The van der Waals surface area contributed by atoms with Crippen LogP contribution in [0.4, 0.5) is 23.0 Å². The van der Waals surface area contributed by atoms with Crippen LogP contribution in [0.3, 0.4) is 0 Å². The van der Waals surface area contributed by atoms with E-state index in [0.29, 0.717) is 29.7 Å². The van der Waals surface area contributed by atoms with Gasteiger partial charge < -0.3 is 29.7 Å². The Kier molecular flexibility index (Phi) is 8.73. The van der Waals surface area contributed by atoms with Crippen LogP contribution >= 0.6 is 0 Å². The number of amides is 1. The number of rotatable bonds is 11. The number of benzene rings is 2. The van der Waals surface area contributed by atoms with Gasteiger partial charge in [0.05, 0.1) is 29.9 Å². The van der Waals surface area contributed by atoms with Gasteiger partial charge in [-0.25, -0.2) is 9.97 Å². The smallest absolute Gasteiger partial charge is 0.227 e. The normalized spacial score (nSPS) is 13.6. The van der Waals surface area contributed by atoms with Gasteiger partial charge >= 0.3 is 0 Å². The highest BCUT2D eigenvalue weighted by molar-refractivity contribution is 5.97. The van der Waals surface area contributed by atoms with Gasteiger partial charge in [-0.2, -0.15) is 0 Å². The Morgan fingerprint density at radius 1 is 1.07 bits per heavy atom. The SMILES string of the molecule is COc1cc(N(C)CCN(C)C)c(NC(=O)CC2CCCC2)cc1Nc1nccc(-c2cn(C)c3ccccc23)n1. The molecular weight excluding hydrogens is 514 g/mol. The number of fused-ring (bicyclic) bond motifs is 1. The van der Waals surface area contributed by atoms with Crippen molar-refractivity contribution in [2.45, 2.75) is 32.1 Å². The summed E-state index contributed by atoms with van der Waals surface area (Å²) in [6.07, 6.45) is 9.08. The summed E-state index contributed by atoms with van der Waals surface area (Å²) in [7, 11) is 9.83. The quantitative estimate of drug-likeness (QED) is 0.238. The van der Waals surface area contributed by atoms with Gasteiger partial charge in [-0.1, -0.05) is 31.0 Å². The second-order valence-corrected chi connectivity index (χ2v) is 11.3. The van der Waals surface area contributed by atoms with Crippen molar-refractivity contribution in [3.63, 3.8) is 0 Å². The highest BCUT2D eigenvalue weighted by atomic mass is 16.5. The first-order chi connectivity index (χ1) is 19.8. The lowest BCUT2D eigenvalue weighted by Crippen LogP contribution is -2.29. The van der Waals surface area contributed by atoms with E-state index < -0.39 is 0 Å². The second-order valence-electron chi connectivity index (χ2n) is 11.3. The minimum Gasteiger partial charge on any atom is -0.494 e. The summed E-state index contributed by atoms with van der Waals surface area (Å²) in [6.45, 7) is 1.67. The molecule has 4 aromatic rings. The molecule has 0 spiro atoms. The molecule has 1 saturated carbocycles. The Labute approximate surface area is 242 Å². The van der Waals surface area contributed by atoms with E-state index in [1.807, 2.05) is 44.4 Å². The molecule has 1 aliphatic rings. The van der Waals surface area contributed by atoms with Gasteiger partial charge in [-0.15, -0.1) is 0 Å². The van der Waals surface area contributed by atoms with Gasteiger partial charge in [-0.3, -0.25) is 4.79 Å². The number of methoxy groups -OCH3 is 1. The lowest BCUT2D eigenvalue weighted by Gasteiger charge is -2.26. The van der Waals surface area contributed by atoms with Crippen LogP contribution in [0.25, 0.3) is 22.2 Å². The molecule has 2 N–H and O–H groups in total. The van der Waals surface area contributed by atoms with E-state index in [9.17, 15) is 4.79 Å². The lowest BCUT2D eigenvalue weighted by atomic mass is 10.0. The third-order valence-corrected chi connectivity index (χ3v) is 7.91. The largest absolute Gasteiger partial charge is 0.494 e. The fraction of sp³-hybridized carbons (Fsp3) is 0.406. The Balaban J connectivity index is 1.46. The summed E-state index contributed by atoms with van der Waals surface area (Å²) in [5.41, 5.74) is 5.33. The molecule has 0 atom stereocenters. The number of carbonyl (C=O) groups excluding carboxylic acids is 1. The topological polar surface area (TPSA) is 87.5 Å². The molecule has 0 aliphatic heterocycles. The first-order valence-corrected chi connectivity index (χ1v) is 14.3. The summed E-state index contributed by atoms with van der Waals surface area (Å²) < 4.78 is 7.91. The molecule has 0 radical (unpaired) electrons. The van der Waals surface area contributed by atoms with Gasteiger partial charge in [0.15, 0.2) is 0 Å². The molecule has 41 heavy (non-hydrogen) atoms. The zero-order valence-corrected chi connectivity index (χ0v) is 24.8. The van der Waals surface area contributed by atoms with Gasteiger partial charge in [0, 0.05) is 68.5 Å². The maximum atomic E-state index is 13.1. The fourth-order valence-corrected chi connectivity index (χ4v) is 5.64. The van der Waals surface area contributed by atoms with Gasteiger partial charge in [0.25, 0.3) is 0 Å². The summed E-state index contributed by atoms with van der Waals surface area (Å²) >= 11 is 0. The van der Waals surface area contributed by atoms with Crippen molar-refractivity contribution in [3.8, 4) is 17.0 Å². The van der Waals surface area contributed by atoms with E-state index in [4.69, 9.17) is 9.72 Å². The molecule has 5 rings (SSSR count). The summed E-state index contributed by atoms with van der Waals surface area (Å²) in [5, 5.41) is 7.70. The lowest BCUT2D eigenvalue weighted by molar-refractivity contribution is -0.117. The van der Waals surface area contributed by atoms with Crippen LogP contribution in [0, 0.1) is 5.92 Å². The molecule has 2 aromatic heterocycles. The summed E-state index contributed by atoms with van der Waals surface area (Å²) in [5.74, 6) is 1.60. The van der Waals surface area contributed by atoms with E-state index >= 15 is 0 Å². The van der Waals surface area contributed by atoms with E-state index in [-0.39, 0.29) is 5.91 Å². The van der Waals surface area contributed by atoms with Crippen molar-refractivity contribution in [1.29, 1.82) is 0 Å². The zero-order chi connectivity index (χ0) is 28.9. The van der Waals surface area contributed by atoms with Crippen LogP contribution in [-0.4, -0.2) is 66.7 Å². The number of nitrogens with one attached hydrogen (secondary N) is 2. The molecular formula is C32H41N7O2. The number of hydrogen-bond acceptors (Lipinski definition) is 7. The van der Waals surface area contributed by atoms with Crippen LogP contribution in [0.15, 0.2) is 54.9 Å². The van der Waals surface area contributed by atoms with E-state index in [1.54, 1.807) is 13.3 Å². The summed E-state index contributed by atoms with van der Waals surface area (Å²) in [6, 6.07) is 14.1. The van der Waals surface area contributed by atoms with Crippen molar-refractivity contribution in [3.05, 3.63) is 54.9 Å². The number of hydrogen-bond donors (Lipinski definition) is 2. The molecule has 9 nitrogen and oxygen atoms in total. The standard InChI is InChI=1S/C32H41N7O2/c1-37(2)16-17-38(3)29-20-30(41-5)27(19-26(29)34-31(40)18-22-10-6-7-11-22)36-32-33-15-14-25(35-32)24-21-39(4)28-13-9-8-12-23(24)28/h8-9,12-15,19-22H,6-7,10-11,16-18H2,1-5H3,(H,34,40)(H,33,35,36). The van der Waals surface area contributed by atoms with Crippen LogP contribution < -0.4 is 20.3 Å². The molecule has 1 aliphatic carbocycles. The monoisotopic (exact) mass is 555 g/mol.